The highest BCUT2D eigenvalue weighted by atomic mass is 19.4. The maximum atomic E-state index is 12.4. The maximum Gasteiger partial charge on any atom is 0.416 e. The number of allylic oxidation sites excluding steroid dienone is 1. The van der Waals surface area contributed by atoms with Crippen LogP contribution in [0.4, 0.5) is 18.9 Å². The van der Waals surface area contributed by atoms with Crippen LogP contribution in [0.1, 0.15) is 12.5 Å². The van der Waals surface area contributed by atoms with Crippen molar-refractivity contribution in [3.05, 3.63) is 46.2 Å². The number of carbonyl (C=O) groups is 1. The largest absolute Gasteiger partial charge is 0.510 e. The molecule has 8 heteroatoms. The number of nitrogens with one attached hydrogen (secondary N) is 1. The van der Waals surface area contributed by atoms with Crippen molar-refractivity contribution in [3.63, 3.8) is 0 Å². The number of hydrogen-bond donors (Lipinski definition) is 2. The van der Waals surface area contributed by atoms with Crippen LogP contribution in [-0.2, 0) is 11.0 Å². The van der Waals surface area contributed by atoms with Gasteiger partial charge in [-0.3, -0.25) is 4.79 Å². The van der Waals surface area contributed by atoms with Crippen molar-refractivity contribution in [2.24, 2.45) is 5.18 Å². The molecule has 0 atom stereocenters. The monoisotopic (exact) mass is 274 g/mol. The van der Waals surface area contributed by atoms with Gasteiger partial charge >= 0.3 is 6.18 Å². The normalized spacial score (nSPS) is 12.6. The first-order chi connectivity index (χ1) is 8.75. The van der Waals surface area contributed by atoms with E-state index in [4.69, 9.17) is 5.11 Å². The molecule has 19 heavy (non-hydrogen) atoms. The Hall–Kier alpha value is -2.38. The van der Waals surface area contributed by atoms with E-state index >= 15 is 0 Å². The van der Waals surface area contributed by atoms with Crippen LogP contribution in [0.25, 0.3) is 0 Å². The highest BCUT2D eigenvalue weighted by Gasteiger charge is 2.30. The van der Waals surface area contributed by atoms with Gasteiger partial charge in [-0.05, 0) is 30.3 Å². The molecular formula is C11H9F3N2O3. The third-order valence-corrected chi connectivity index (χ3v) is 2.10. The van der Waals surface area contributed by atoms with Crippen molar-refractivity contribution in [1.82, 2.24) is 0 Å². The van der Waals surface area contributed by atoms with E-state index in [9.17, 15) is 22.9 Å². The summed E-state index contributed by atoms with van der Waals surface area (Å²) < 4.78 is 37.3. The van der Waals surface area contributed by atoms with Crippen molar-refractivity contribution in [2.45, 2.75) is 13.1 Å². The third kappa shape index (κ3) is 3.80. The Morgan fingerprint density at radius 3 is 2.47 bits per heavy atom. The quantitative estimate of drug-likeness (QED) is 0.504. The van der Waals surface area contributed by atoms with Crippen molar-refractivity contribution in [1.29, 1.82) is 0 Å². The zero-order chi connectivity index (χ0) is 14.6. The molecule has 0 aromatic heterocycles. The first-order valence-electron chi connectivity index (χ1n) is 4.97. The topological polar surface area (TPSA) is 78.8 Å². The van der Waals surface area contributed by atoms with Gasteiger partial charge in [-0.2, -0.15) is 13.2 Å². The molecule has 1 rings (SSSR count). The zero-order valence-electron chi connectivity index (χ0n) is 9.65. The number of nitroso groups, excluding NO2 is 1. The first kappa shape index (κ1) is 14.7. The summed E-state index contributed by atoms with van der Waals surface area (Å²) in [5, 5.41) is 13.3. The van der Waals surface area contributed by atoms with Crippen LogP contribution in [0.2, 0.25) is 0 Å². The van der Waals surface area contributed by atoms with Crippen LogP contribution in [0.15, 0.2) is 40.9 Å². The second-order valence-electron chi connectivity index (χ2n) is 3.56. The lowest BCUT2D eigenvalue weighted by molar-refractivity contribution is -0.137. The maximum absolute atomic E-state index is 12.4. The van der Waals surface area contributed by atoms with Crippen molar-refractivity contribution in [3.8, 4) is 0 Å². The molecule has 1 aromatic rings. The Kier molecular flexibility index (Phi) is 4.26. The van der Waals surface area contributed by atoms with E-state index < -0.39 is 29.1 Å². The Morgan fingerprint density at radius 1 is 1.37 bits per heavy atom. The van der Waals surface area contributed by atoms with E-state index in [0.717, 1.165) is 19.1 Å². The standard InChI is InChI=1S/C11H9F3N2O3/c1-6(17)9(16-19)10(18)15-8-4-2-3-7(5-8)11(12,13)14/h2-5,17H,1H3,(H,15,18)/b9-6+. The van der Waals surface area contributed by atoms with Gasteiger partial charge in [0.25, 0.3) is 5.91 Å². The summed E-state index contributed by atoms with van der Waals surface area (Å²) in [5.74, 6) is -1.71. The minimum atomic E-state index is -4.55. The lowest BCUT2D eigenvalue weighted by Crippen LogP contribution is -2.15. The van der Waals surface area contributed by atoms with Crippen LogP contribution in [-0.4, -0.2) is 11.0 Å². The SMILES string of the molecule is C/C(O)=C(\N=O)C(=O)Nc1cccc(C(F)(F)F)c1. The minimum Gasteiger partial charge on any atom is -0.510 e. The highest BCUT2D eigenvalue weighted by Crippen LogP contribution is 2.30. The predicted molar refractivity (Wildman–Crippen MR) is 61.2 cm³/mol. The Labute approximate surface area is 105 Å². The summed E-state index contributed by atoms with van der Waals surface area (Å²) in [6.07, 6.45) is -4.55. The fraction of sp³-hybridized carbons (Fsp3) is 0.182. The second kappa shape index (κ2) is 5.51. The van der Waals surface area contributed by atoms with Crippen LogP contribution in [0, 0.1) is 4.91 Å². The van der Waals surface area contributed by atoms with Gasteiger partial charge in [-0.15, -0.1) is 4.91 Å². The zero-order valence-corrected chi connectivity index (χ0v) is 9.65. The van der Waals surface area contributed by atoms with Crippen molar-refractivity contribution >= 4 is 11.6 Å². The molecule has 0 unspecified atom stereocenters. The van der Waals surface area contributed by atoms with Gasteiger partial charge in [0.1, 0.15) is 5.76 Å². The number of hydrogen-bond acceptors (Lipinski definition) is 4. The van der Waals surface area contributed by atoms with Gasteiger partial charge in [-0.25, -0.2) is 0 Å². The van der Waals surface area contributed by atoms with E-state index in [1.165, 1.54) is 6.07 Å². The van der Waals surface area contributed by atoms with Crippen LogP contribution >= 0.6 is 0 Å². The van der Waals surface area contributed by atoms with Crippen LogP contribution in [0.3, 0.4) is 0 Å². The number of nitrogens with zero attached hydrogens (tertiary/aromatic N) is 1. The van der Waals surface area contributed by atoms with Crippen molar-refractivity contribution < 1.29 is 23.1 Å². The van der Waals surface area contributed by atoms with Crippen LogP contribution < -0.4 is 5.32 Å². The molecule has 0 radical (unpaired) electrons. The molecule has 5 nitrogen and oxygen atoms in total. The minimum absolute atomic E-state index is 0.165. The molecule has 1 aromatic carbocycles. The number of aliphatic hydroxyl groups excluding tert-OH is 1. The fourth-order valence-corrected chi connectivity index (χ4v) is 1.24. The molecule has 0 fully saturated rings. The Bertz CT molecular complexity index is 534. The number of anilines is 1. The van der Waals surface area contributed by atoms with E-state index in [0.29, 0.717) is 6.07 Å². The van der Waals surface area contributed by atoms with Crippen LogP contribution in [0.5, 0.6) is 0 Å². The number of aliphatic hydroxyl groups is 1. The lowest BCUT2D eigenvalue weighted by Gasteiger charge is -2.09. The van der Waals surface area contributed by atoms with E-state index in [1.54, 1.807) is 0 Å². The number of alkyl halides is 3. The summed E-state index contributed by atoms with van der Waals surface area (Å²) in [6, 6.07) is 3.85. The number of carbonyl (C=O) groups excluding carboxylic acids is 1. The summed E-state index contributed by atoms with van der Waals surface area (Å²) in [5.41, 5.74) is -1.91. The highest BCUT2D eigenvalue weighted by molar-refractivity contribution is 6.03. The van der Waals surface area contributed by atoms with E-state index in [2.05, 4.69) is 5.18 Å². The molecule has 0 aliphatic heterocycles. The van der Waals surface area contributed by atoms with Gasteiger partial charge in [0, 0.05) is 5.69 Å². The van der Waals surface area contributed by atoms with Crippen molar-refractivity contribution in [2.75, 3.05) is 5.32 Å². The lowest BCUT2D eigenvalue weighted by atomic mass is 10.2. The van der Waals surface area contributed by atoms with Gasteiger partial charge in [-0.1, -0.05) is 6.07 Å². The predicted octanol–water partition coefficient (Wildman–Crippen LogP) is 3.20. The van der Waals surface area contributed by atoms with Gasteiger partial charge in [0.2, 0.25) is 5.70 Å². The number of halogens is 3. The molecule has 0 spiro atoms. The smallest absolute Gasteiger partial charge is 0.416 e. The van der Waals surface area contributed by atoms with E-state index in [-0.39, 0.29) is 5.69 Å². The van der Waals surface area contributed by atoms with Gasteiger partial charge < -0.3 is 10.4 Å². The summed E-state index contributed by atoms with van der Waals surface area (Å²) in [7, 11) is 0. The average Bonchev–Trinajstić information content (AvgIpc) is 2.28. The third-order valence-electron chi connectivity index (χ3n) is 2.10. The molecule has 102 valence electrons. The summed E-state index contributed by atoms with van der Waals surface area (Å²) >= 11 is 0. The summed E-state index contributed by atoms with van der Waals surface area (Å²) in [6.45, 7) is 1.06. The molecule has 2 N–H and O–H groups in total. The second-order valence-corrected chi connectivity index (χ2v) is 3.56. The Balaban J connectivity index is 2.99. The molecule has 1 amide bonds. The first-order valence-corrected chi connectivity index (χ1v) is 4.97. The molecule has 0 aliphatic carbocycles. The van der Waals surface area contributed by atoms with Gasteiger partial charge in [0.05, 0.1) is 5.56 Å². The molecule has 0 saturated carbocycles. The molecule has 0 heterocycles. The van der Waals surface area contributed by atoms with E-state index in [1.807, 2.05) is 5.32 Å². The number of benzene rings is 1. The number of rotatable bonds is 3. The molecule has 0 bridgehead atoms. The fourth-order valence-electron chi connectivity index (χ4n) is 1.24. The molecular weight excluding hydrogens is 265 g/mol. The summed E-state index contributed by atoms with van der Waals surface area (Å²) in [4.78, 5) is 21.7. The van der Waals surface area contributed by atoms with Gasteiger partial charge in [0.15, 0.2) is 0 Å². The molecule has 0 saturated heterocycles. The number of amides is 1. The Morgan fingerprint density at radius 2 is 2.00 bits per heavy atom. The molecule has 0 aliphatic rings. The average molecular weight is 274 g/mol.